The number of aromatic nitrogens is 1. The van der Waals surface area contributed by atoms with Crippen LogP contribution in [-0.4, -0.2) is 36.4 Å². The van der Waals surface area contributed by atoms with E-state index in [4.69, 9.17) is 0 Å². The summed E-state index contributed by atoms with van der Waals surface area (Å²) in [5, 5.41) is 5.67. The fourth-order valence-electron chi connectivity index (χ4n) is 2.55. The smallest absolute Gasteiger partial charge is 0.263 e. The van der Waals surface area contributed by atoms with Gasteiger partial charge in [-0.15, -0.1) is 22.7 Å². The Bertz CT molecular complexity index is 809. The van der Waals surface area contributed by atoms with Crippen LogP contribution in [0.3, 0.4) is 0 Å². The molecule has 0 radical (unpaired) electrons. The molecular weight excluding hydrogens is 340 g/mol. The zero-order valence-electron chi connectivity index (χ0n) is 12.3. The molecule has 2 aromatic rings. The summed E-state index contributed by atoms with van der Waals surface area (Å²) >= 11 is 2.92. The summed E-state index contributed by atoms with van der Waals surface area (Å²) in [7, 11) is -3.05. The Morgan fingerprint density at radius 3 is 2.82 bits per heavy atom. The summed E-state index contributed by atoms with van der Waals surface area (Å²) in [6, 6.07) is 3.91. The van der Waals surface area contributed by atoms with Gasteiger partial charge in [0.15, 0.2) is 9.84 Å². The summed E-state index contributed by atoms with van der Waals surface area (Å²) in [5.74, 6) is -0.106. The van der Waals surface area contributed by atoms with Gasteiger partial charge in [0.25, 0.3) is 5.91 Å². The highest BCUT2D eigenvalue weighted by Gasteiger charge is 2.40. The fourth-order valence-corrected chi connectivity index (χ4v) is 6.40. The van der Waals surface area contributed by atoms with Crippen molar-refractivity contribution in [3.63, 3.8) is 0 Å². The lowest BCUT2D eigenvalue weighted by molar-refractivity contribution is 0.0919. The molecule has 0 spiro atoms. The minimum Gasteiger partial charge on any atom is -0.345 e. The van der Waals surface area contributed by atoms with E-state index in [1.165, 1.54) is 11.3 Å². The molecule has 0 aromatic carbocycles. The number of carbonyl (C=O) groups excluding carboxylic acids is 1. The number of nitrogens with zero attached hydrogens (tertiary/aromatic N) is 1. The quantitative estimate of drug-likeness (QED) is 0.917. The van der Waals surface area contributed by atoms with Crippen molar-refractivity contribution in [1.29, 1.82) is 0 Å². The predicted molar refractivity (Wildman–Crippen MR) is 89.3 cm³/mol. The van der Waals surface area contributed by atoms with Crippen LogP contribution in [0.5, 0.6) is 0 Å². The lowest BCUT2D eigenvalue weighted by atomic mass is 10.0. The lowest BCUT2D eigenvalue weighted by Crippen LogP contribution is -2.46. The van der Waals surface area contributed by atoms with Crippen molar-refractivity contribution in [2.45, 2.75) is 25.8 Å². The number of rotatable bonds is 3. The van der Waals surface area contributed by atoms with Gasteiger partial charge in [-0.3, -0.25) is 4.79 Å². The van der Waals surface area contributed by atoms with Gasteiger partial charge in [-0.05, 0) is 31.7 Å². The number of thiazole rings is 1. The van der Waals surface area contributed by atoms with Gasteiger partial charge in [-0.1, -0.05) is 6.07 Å². The Morgan fingerprint density at radius 1 is 1.45 bits per heavy atom. The number of nitrogens with one attached hydrogen (secondary N) is 1. The Morgan fingerprint density at radius 2 is 2.23 bits per heavy atom. The topological polar surface area (TPSA) is 76.1 Å². The third-order valence-corrected chi connectivity index (χ3v) is 7.75. The first-order valence-corrected chi connectivity index (χ1v) is 10.3. The first kappa shape index (κ1) is 15.6. The van der Waals surface area contributed by atoms with Gasteiger partial charge in [-0.2, -0.15) is 0 Å². The molecule has 1 fully saturated rings. The molecule has 1 saturated heterocycles. The molecule has 0 aliphatic carbocycles. The van der Waals surface area contributed by atoms with Crippen molar-refractivity contribution >= 4 is 38.4 Å². The lowest BCUT2D eigenvalue weighted by Gasteiger charge is -2.23. The summed E-state index contributed by atoms with van der Waals surface area (Å²) in [6.07, 6.45) is 0.455. The predicted octanol–water partition coefficient (Wildman–Crippen LogP) is 2.49. The highest BCUT2D eigenvalue weighted by Crippen LogP contribution is 2.32. The van der Waals surface area contributed by atoms with E-state index < -0.39 is 15.4 Å². The third-order valence-electron chi connectivity index (χ3n) is 3.65. The number of sulfone groups is 1. The van der Waals surface area contributed by atoms with Crippen molar-refractivity contribution in [2.24, 2.45) is 0 Å². The Balaban J connectivity index is 1.81. The highest BCUT2D eigenvalue weighted by molar-refractivity contribution is 7.91. The minimum atomic E-state index is -3.05. The number of thiophene rings is 1. The molecule has 0 saturated carbocycles. The van der Waals surface area contributed by atoms with Crippen molar-refractivity contribution in [2.75, 3.05) is 11.5 Å². The molecule has 118 valence electrons. The number of carbonyl (C=O) groups is 1. The van der Waals surface area contributed by atoms with Gasteiger partial charge in [0.05, 0.1) is 27.6 Å². The van der Waals surface area contributed by atoms with Gasteiger partial charge in [0.2, 0.25) is 0 Å². The number of amides is 1. The normalized spacial score (nSPS) is 23.5. The standard InChI is InChI=1S/C14H16N2O3S3/c1-9-11(21-13(15-9)10-4-3-6-20-10)12(17)16-14(2)5-7-22(18,19)8-14/h3-4,6H,5,7-8H2,1-2H3,(H,16,17). The van der Waals surface area contributed by atoms with E-state index in [0.717, 1.165) is 9.88 Å². The zero-order valence-corrected chi connectivity index (χ0v) is 14.7. The molecule has 1 N–H and O–H groups in total. The van der Waals surface area contributed by atoms with Crippen LogP contribution in [-0.2, 0) is 9.84 Å². The summed E-state index contributed by atoms with van der Waals surface area (Å²) in [4.78, 5) is 18.5. The molecule has 1 aliphatic heterocycles. The third kappa shape index (κ3) is 3.09. The average Bonchev–Trinajstić information content (AvgIpc) is 3.09. The maximum absolute atomic E-state index is 12.5. The van der Waals surface area contributed by atoms with Crippen LogP contribution in [0.2, 0.25) is 0 Å². The zero-order chi connectivity index (χ0) is 16.0. The van der Waals surface area contributed by atoms with Gasteiger partial charge in [-0.25, -0.2) is 13.4 Å². The minimum absolute atomic E-state index is 0.00136. The maximum Gasteiger partial charge on any atom is 0.263 e. The molecular formula is C14H16N2O3S3. The summed E-state index contributed by atoms with van der Waals surface area (Å²) in [6.45, 7) is 3.59. The van der Waals surface area contributed by atoms with Crippen LogP contribution in [0.15, 0.2) is 17.5 Å². The second-order valence-electron chi connectivity index (χ2n) is 5.77. The Kier molecular flexibility index (Phi) is 3.86. The monoisotopic (exact) mass is 356 g/mol. The van der Waals surface area contributed by atoms with Crippen LogP contribution in [0.25, 0.3) is 9.88 Å². The number of hydrogen-bond donors (Lipinski definition) is 1. The fraction of sp³-hybridized carbons (Fsp3) is 0.429. The van der Waals surface area contributed by atoms with Crippen LogP contribution in [0.1, 0.15) is 28.7 Å². The number of hydrogen-bond acceptors (Lipinski definition) is 6. The van der Waals surface area contributed by atoms with E-state index in [2.05, 4.69) is 10.3 Å². The molecule has 0 bridgehead atoms. The second-order valence-corrected chi connectivity index (χ2v) is 9.90. The molecule has 8 heteroatoms. The van der Waals surface area contributed by atoms with Gasteiger partial charge < -0.3 is 5.32 Å². The van der Waals surface area contributed by atoms with E-state index >= 15 is 0 Å². The van der Waals surface area contributed by atoms with Gasteiger partial charge in [0.1, 0.15) is 9.88 Å². The first-order chi connectivity index (χ1) is 10.3. The molecule has 3 heterocycles. The summed E-state index contributed by atoms with van der Waals surface area (Å²) in [5.41, 5.74) is -0.00882. The second kappa shape index (κ2) is 5.43. The van der Waals surface area contributed by atoms with Crippen LogP contribution in [0.4, 0.5) is 0 Å². The van der Waals surface area contributed by atoms with Crippen molar-refractivity contribution in [3.05, 3.63) is 28.1 Å². The maximum atomic E-state index is 12.5. The van der Waals surface area contributed by atoms with Gasteiger partial charge in [0, 0.05) is 0 Å². The number of aryl methyl sites for hydroxylation is 1. The molecule has 3 rings (SSSR count). The molecule has 1 amide bonds. The molecule has 5 nitrogen and oxygen atoms in total. The molecule has 2 aromatic heterocycles. The van der Waals surface area contributed by atoms with E-state index in [1.807, 2.05) is 17.5 Å². The first-order valence-electron chi connectivity index (χ1n) is 6.82. The van der Waals surface area contributed by atoms with E-state index in [0.29, 0.717) is 17.0 Å². The largest absolute Gasteiger partial charge is 0.345 e. The van der Waals surface area contributed by atoms with Crippen LogP contribution < -0.4 is 5.32 Å². The van der Waals surface area contributed by atoms with Crippen molar-refractivity contribution in [1.82, 2.24) is 10.3 Å². The molecule has 22 heavy (non-hydrogen) atoms. The SMILES string of the molecule is Cc1nc(-c2cccs2)sc1C(=O)NC1(C)CCS(=O)(=O)C1. The van der Waals surface area contributed by atoms with E-state index in [1.54, 1.807) is 25.2 Å². The summed E-state index contributed by atoms with van der Waals surface area (Å²) < 4.78 is 23.3. The van der Waals surface area contributed by atoms with E-state index in [-0.39, 0.29) is 17.4 Å². The van der Waals surface area contributed by atoms with E-state index in [9.17, 15) is 13.2 Å². The van der Waals surface area contributed by atoms with Crippen molar-refractivity contribution < 1.29 is 13.2 Å². The van der Waals surface area contributed by atoms with Crippen LogP contribution >= 0.6 is 22.7 Å². The van der Waals surface area contributed by atoms with Crippen LogP contribution in [0, 0.1) is 6.92 Å². The van der Waals surface area contributed by atoms with Gasteiger partial charge >= 0.3 is 0 Å². The Hall–Kier alpha value is -1.25. The van der Waals surface area contributed by atoms with Crippen molar-refractivity contribution in [3.8, 4) is 9.88 Å². The molecule has 1 atom stereocenters. The highest BCUT2D eigenvalue weighted by atomic mass is 32.2. The molecule has 1 aliphatic rings. The molecule has 1 unspecified atom stereocenters. The average molecular weight is 356 g/mol. The Labute approximate surface area is 137 Å².